The molecule has 46 heavy (non-hydrogen) atoms. The van der Waals surface area contributed by atoms with Crippen LogP contribution in [0.25, 0.3) is 22.4 Å². The minimum Gasteiger partial charge on any atom is -0.493 e. The first-order valence-corrected chi connectivity index (χ1v) is 15.8. The van der Waals surface area contributed by atoms with E-state index in [9.17, 15) is 9.59 Å². The summed E-state index contributed by atoms with van der Waals surface area (Å²) in [6.07, 6.45) is 0.330. The van der Waals surface area contributed by atoms with Crippen molar-refractivity contribution in [3.63, 3.8) is 0 Å². The van der Waals surface area contributed by atoms with Gasteiger partial charge >= 0.3 is 0 Å². The van der Waals surface area contributed by atoms with Crippen molar-refractivity contribution < 1.29 is 19.5 Å². The highest BCUT2D eigenvalue weighted by molar-refractivity contribution is 8.00. The third-order valence-corrected chi connectivity index (χ3v) is 7.56. The fourth-order valence-corrected chi connectivity index (χ4v) is 4.83. The van der Waals surface area contributed by atoms with Crippen LogP contribution in [0.1, 0.15) is 50.2 Å². The minimum absolute atomic E-state index is 0.106. The molecular weight excluding hydrogens is 624 g/mol. The molecule has 0 atom stereocenters. The van der Waals surface area contributed by atoms with E-state index < -0.39 is 0 Å². The van der Waals surface area contributed by atoms with E-state index in [1.165, 1.54) is 17.4 Å². The lowest BCUT2D eigenvalue weighted by atomic mass is 9.99. The number of para-hydroxylation sites is 2. The van der Waals surface area contributed by atoms with E-state index in [4.69, 9.17) is 21.5 Å². The summed E-state index contributed by atoms with van der Waals surface area (Å²) in [6.45, 7) is 10.5. The van der Waals surface area contributed by atoms with Gasteiger partial charge in [-0.15, -0.1) is 0 Å². The number of aromatic amines is 1. The van der Waals surface area contributed by atoms with Gasteiger partial charge < -0.3 is 19.8 Å². The van der Waals surface area contributed by atoms with Crippen LogP contribution in [0.3, 0.4) is 0 Å². The molecule has 240 valence electrons. The smallest absolute Gasteiger partial charge is 0.257 e. The van der Waals surface area contributed by atoms with E-state index in [1.54, 1.807) is 31.2 Å². The maximum absolute atomic E-state index is 13.1. The van der Waals surface area contributed by atoms with Gasteiger partial charge in [0.2, 0.25) is 5.91 Å². The number of H-pyrrole nitrogens is 1. The van der Waals surface area contributed by atoms with Crippen LogP contribution in [0.2, 0.25) is 5.02 Å². The zero-order chi connectivity index (χ0) is 33.3. The maximum atomic E-state index is 13.1. The molecule has 10 nitrogen and oxygen atoms in total. The Labute approximate surface area is 277 Å². The Morgan fingerprint density at radius 3 is 2.37 bits per heavy atom. The number of hydrogen-bond acceptors (Lipinski definition) is 8. The molecule has 0 unspecified atom stereocenters. The van der Waals surface area contributed by atoms with Crippen LogP contribution in [0.5, 0.6) is 5.75 Å². The standard InChI is InChI=1S/C31H30ClN5O2S.C3H7NO2/c1-19-23(14-16-28(33-19)37-40-22-12-10-21(11-13-22)39-18-31(2,3)4)30(38)34-20-9-15-25(32)24(17-20)29-35-26-7-5-6-8-27(26)36-29;1-2-3(5)4-6/h5-17H,18H2,1-4H3,(H,33,37)(H,34,38)(H,35,36);6H,2H2,1H3,(H,4,5). The quantitative estimate of drug-likeness (QED) is 0.0604. The molecule has 0 spiro atoms. The summed E-state index contributed by atoms with van der Waals surface area (Å²) in [5.74, 6) is 1.53. The molecular formula is C34H37ClN6O4S. The summed E-state index contributed by atoms with van der Waals surface area (Å²) >= 11 is 7.91. The number of aryl methyl sites for hydroxylation is 1. The largest absolute Gasteiger partial charge is 0.493 e. The predicted molar refractivity (Wildman–Crippen MR) is 185 cm³/mol. The Bertz CT molecular complexity index is 1770. The molecule has 2 amide bonds. The highest BCUT2D eigenvalue weighted by Gasteiger charge is 2.15. The van der Waals surface area contributed by atoms with Crippen LogP contribution in [0, 0.1) is 12.3 Å². The van der Waals surface area contributed by atoms with Gasteiger partial charge in [0.25, 0.3) is 5.91 Å². The van der Waals surface area contributed by atoms with Crippen molar-refractivity contribution in [3.05, 3.63) is 95.1 Å². The summed E-state index contributed by atoms with van der Waals surface area (Å²) in [5.41, 5.74) is 5.75. The lowest BCUT2D eigenvalue weighted by Gasteiger charge is -2.18. The molecule has 0 saturated heterocycles. The minimum atomic E-state index is -0.352. The van der Waals surface area contributed by atoms with E-state index >= 15 is 0 Å². The second kappa shape index (κ2) is 15.6. The molecule has 0 saturated carbocycles. The maximum Gasteiger partial charge on any atom is 0.257 e. The first-order valence-electron chi connectivity index (χ1n) is 14.6. The Morgan fingerprint density at radius 2 is 1.74 bits per heavy atom. The van der Waals surface area contributed by atoms with Crippen LogP contribution in [0.15, 0.2) is 83.8 Å². The zero-order valence-corrected chi connectivity index (χ0v) is 27.8. The molecule has 0 aliphatic rings. The number of carbonyl (C=O) groups is 2. The molecule has 2 heterocycles. The Hall–Kier alpha value is -4.58. The third-order valence-electron chi connectivity index (χ3n) is 6.41. The summed E-state index contributed by atoms with van der Waals surface area (Å²) in [7, 11) is 0. The summed E-state index contributed by atoms with van der Waals surface area (Å²) in [5, 5.41) is 11.2. The van der Waals surface area contributed by atoms with Gasteiger partial charge in [-0.25, -0.2) is 15.4 Å². The molecule has 2 aromatic heterocycles. The SMILES string of the molecule is CCC(=O)NO.Cc1nc(NSc2ccc(OCC(C)(C)C)cc2)ccc1C(=O)Nc1ccc(Cl)c(-c2nc3ccccc3[nH]2)c1. The number of fused-ring (bicyclic) bond motifs is 1. The van der Waals surface area contributed by atoms with E-state index in [-0.39, 0.29) is 17.2 Å². The fraction of sp³-hybridized carbons (Fsp3) is 0.235. The highest BCUT2D eigenvalue weighted by atomic mass is 35.5. The van der Waals surface area contributed by atoms with Gasteiger partial charge in [0.15, 0.2) is 0 Å². The van der Waals surface area contributed by atoms with Crippen LogP contribution >= 0.6 is 23.5 Å². The number of pyridine rings is 1. The molecule has 0 fully saturated rings. The third kappa shape index (κ3) is 9.71. The number of amides is 2. The number of nitrogens with one attached hydrogen (secondary N) is 4. The monoisotopic (exact) mass is 660 g/mol. The second-order valence-corrected chi connectivity index (χ2v) is 12.8. The van der Waals surface area contributed by atoms with Gasteiger partial charge in [-0.1, -0.05) is 51.4 Å². The van der Waals surface area contributed by atoms with Gasteiger partial charge in [0.1, 0.15) is 17.4 Å². The van der Waals surface area contributed by atoms with E-state index in [2.05, 4.69) is 45.8 Å². The molecule has 5 N–H and O–H groups in total. The van der Waals surface area contributed by atoms with Crippen molar-refractivity contribution >= 4 is 57.9 Å². The van der Waals surface area contributed by atoms with Crippen molar-refractivity contribution in [1.29, 1.82) is 0 Å². The molecule has 0 aliphatic heterocycles. The number of nitrogens with zero attached hydrogens (tertiary/aromatic N) is 2. The summed E-state index contributed by atoms with van der Waals surface area (Å²) in [6, 6.07) is 24.5. The molecule has 3 aromatic carbocycles. The van der Waals surface area contributed by atoms with E-state index in [0.717, 1.165) is 21.7 Å². The van der Waals surface area contributed by atoms with Crippen molar-refractivity contribution in [3.8, 4) is 17.1 Å². The van der Waals surface area contributed by atoms with Gasteiger partial charge in [-0.3, -0.25) is 14.8 Å². The van der Waals surface area contributed by atoms with Crippen LogP contribution in [-0.4, -0.2) is 38.6 Å². The Morgan fingerprint density at radius 1 is 1.00 bits per heavy atom. The fourth-order valence-electron chi connectivity index (χ4n) is 4.02. The normalized spacial score (nSPS) is 10.9. The topological polar surface area (TPSA) is 141 Å². The van der Waals surface area contributed by atoms with Crippen LogP contribution in [0.4, 0.5) is 11.5 Å². The first kappa shape index (κ1) is 34.3. The van der Waals surface area contributed by atoms with Gasteiger partial charge in [0, 0.05) is 22.6 Å². The predicted octanol–water partition coefficient (Wildman–Crippen LogP) is 8.28. The number of aromatic nitrogens is 3. The van der Waals surface area contributed by atoms with Gasteiger partial charge in [0.05, 0.1) is 33.9 Å². The number of anilines is 2. The zero-order valence-electron chi connectivity index (χ0n) is 26.3. The van der Waals surface area contributed by atoms with Crippen molar-refractivity contribution in [2.24, 2.45) is 5.41 Å². The molecule has 5 aromatic rings. The number of imidazole rings is 1. The average molecular weight is 661 g/mol. The molecule has 12 heteroatoms. The van der Waals surface area contributed by atoms with Crippen LogP contribution < -0.4 is 20.3 Å². The number of halogens is 1. The summed E-state index contributed by atoms with van der Waals surface area (Å²) in [4.78, 5) is 36.4. The number of rotatable bonds is 9. The number of carbonyl (C=O) groups excluding carboxylic acids is 2. The number of benzene rings is 3. The summed E-state index contributed by atoms with van der Waals surface area (Å²) < 4.78 is 9.08. The Kier molecular flexibility index (Phi) is 11.6. The van der Waals surface area contributed by atoms with Crippen molar-refractivity contribution in [1.82, 2.24) is 20.4 Å². The lowest BCUT2D eigenvalue weighted by Crippen LogP contribution is -2.16. The molecule has 0 bridgehead atoms. The highest BCUT2D eigenvalue weighted by Crippen LogP contribution is 2.31. The lowest BCUT2D eigenvalue weighted by molar-refractivity contribution is -0.128. The number of ether oxygens (including phenoxy) is 1. The van der Waals surface area contributed by atoms with Gasteiger partial charge in [-0.05, 0) is 91.0 Å². The number of hydroxylamine groups is 1. The van der Waals surface area contributed by atoms with Crippen LogP contribution in [-0.2, 0) is 4.79 Å². The first-order chi connectivity index (χ1) is 22.0. The van der Waals surface area contributed by atoms with E-state index in [0.29, 0.717) is 52.2 Å². The van der Waals surface area contributed by atoms with Gasteiger partial charge in [-0.2, -0.15) is 0 Å². The average Bonchev–Trinajstić information content (AvgIpc) is 3.48. The second-order valence-electron chi connectivity index (χ2n) is 11.5. The molecule has 0 radical (unpaired) electrons. The number of hydrogen-bond donors (Lipinski definition) is 5. The van der Waals surface area contributed by atoms with Crippen molar-refractivity contribution in [2.45, 2.75) is 45.9 Å². The van der Waals surface area contributed by atoms with Crippen molar-refractivity contribution in [2.75, 3.05) is 16.6 Å². The molecule has 5 rings (SSSR count). The van der Waals surface area contributed by atoms with E-state index in [1.807, 2.05) is 61.5 Å². The Balaban J connectivity index is 0.000000731. The molecule has 0 aliphatic carbocycles.